The van der Waals surface area contributed by atoms with Gasteiger partial charge in [-0.1, -0.05) is 12.1 Å². The first-order valence-electron chi connectivity index (χ1n) is 8.56. The van der Waals surface area contributed by atoms with Crippen molar-refractivity contribution in [3.05, 3.63) is 66.7 Å². The number of sulfonamides is 1. The summed E-state index contributed by atoms with van der Waals surface area (Å²) in [6, 6.07) is 8.00. The predicted octanol–water partition coefficient (Wildman–Crippen LogP) is 4.12. The summed E-state index contributed by atoms with van der Waals surface area (Å²) in [6.07, 6.45) is -3.57. The second-order valence-electron chi connectivity index (χ2n) is 6.06. The average Bonchev–Trinajstić information content (AvgIpc) is 2.68. The number of carbonyl (C=O) groups excluding carboxylic acids is 1. The van der Waals surface area contributed by atoms with Crippen LogP contribution in [0.5, 0.6) is 5.75 Å². The number of nitrogens with zero attached hydrogens (tertiary/aromatic N) is 1. The van der Waals surface area contributed by atoms with Gasteiger partial charge in [0.1, 0.15) is 5.75 Å². The lowest BCUT2D eigenvalue weighted by atomic mass is 10.2. The fraction of sp³-hybridized carbons (Fsp3) is 0.211. The molecule has 0 aliphatic carbocycles. The molecule has 0 aromatic heterocycles. The zero-order chi connectivity index (χ0) is 23.2. The topological polar surface area (TPSA) is 75.7 Å². The Labute approximate surface area is 175 Å². The average molecular weight is 464 g/mol. The van der Waals surface area contributed by atoms with Crippen LogP contribution in [0.2, 0.25) is 0 Å². The first-order chi connectivity index (χ1) is 14.4. The van der Waals surface area contributed by atoms with Gasteiger partial charge < -0.3 is 10.1 Å². The molecule has 0 heterocycles. The van der Waals surface area contributed by atoms with Gasteiger partial charge in [-0.2, -0.15) is 26.3 Å². The number of rotatable bonds is 9. The molecular weight excluding hydrogens is 447 g/mol. The van der Waals surface area contributed by atoms with E-state index in [0.29, 0.717) is 10.4 Å². The Morgan fingerprint density at radius 1 is 1.16 bits per heavy atom. The van der Waals surface area contributed by atoms with E-state index >= 15 is 0 Å². The zero-order valence-corrected chi connectivity index (χ0v) is 16.6. The molecule has 0 aliphatic rings. The van der Waals surface area contributed by atoms with Gasteiger partial charge in [0.05, 0.1) is 17.0 Å². The second-order valence-corrected chi connectivity index (χ2v) is 8.00. The second kappa shape index (κ2) is 9.88. The number of nitrogens with one attached hydrogen (secondary N) is 1. The third-order valence-electron chi connectivity index (χ3n) is 3.82. The maximum Gasteiger partial charge on any atom is 0.416 e. The first kappa shape index (κ1) is 24.3. The summed E-state index contributed by atoms with van der Waals surface area (Å²) in [4.78, 5) is 11.6. The number of ether oxygens (including phenoxy) is 1. The van der Waals surface area contributed by atoms with E-state index in [9.17, 15) is 35.2 Å². The highest BCUT2D eigenvalue weighted by molar-refractivity contribution is 7.89. The number of anilines is 1. The molecule has 0 bridgehead atoms. The molecule has 2 aromatic rings. The Morgan fingerprint density at radius 2 is 1.81 bits per heavy atom. The number of halogens is 5. The van der Waals surface area contributed by atoms with Gasteiger partial charge in [0.2, 0.25) is 15.9 Å². The highest BCUT2D eigenvalue weighted by Crippen LogP contribution is 2.31. The van der Waals surface area contributed by atoms with Crippen LogP contribution in [0.25, 0.3) is 0 Å². The third kappa shape index (κ3) is 6.76. The van der Waals surface area contributed by atoms with Crippen LogP contribution in [-0.4, -0.2) is 38.3 Å². The van der Waals surface area contributed by atoms with Crippen molar-refractivity contribution < 1.29 is 39.9 Å². The van der Waals surface area contributed by atoms with Gasteiger partial charge in [-0.15, -0.1) is 6.58 Å². The molecule has 0 radical (unpaired) electrons. The van der Waals surface area contributed by atoms with Gasteiger partial charge in [0, 0.05) is 12.2 Å². The third-order valence-corrected chi connectivity index (χ3v) is 5.62. The molecule has 0 atom stereocenters. The van der Waals surface area contributed by atoms with Gasteiger partial charge >= 0.3 is 12.8 Å². The van der Waals surface area contributed by atoms with Crippen molar-refractivity contribution >= 4 is 21.6 Å². The summed E-state index contributed by atoms with van der Waals surface area (Å²) < 4.78 is 93.5. The minimum absolute atomic E-state index is 0.145. The highest BCUT2D eigenvalue weighted by Gasteiger charge is 2.33. The fourth-order valence-corrected chi connectivity index (χ4v) is 3.87. The van der Waals surface area contributed by atoms with E-state index in [0.717, 1.165) is 18.2 Å². The molecule has 12 heteroatoms. The van der Waals surface area contributed by atoms with Crippen LogP contribution in [0, 0.1) is 0 Å². The molecule has 1 amide bonds. The molecular formula is C19H17F5N2O4S. The van der Waals surface area contributed by atoms with Crippen LogP contribution in [0.4, 0.5) is 27.6 Å². The minimum atomic E-state index is -4.74. The van der Waals surface area contributed by atoms with Crippen molar-refractivity contribution in [2.75, 3.05) is 18.4 Å². The van der Waals surface area contributed by atoms with Gasteiger partial charge in [-0.3, -0.25) is 4.79 Å². The van der Waals surface area contributed by atoms with Gasteiger partial charge in [-0.25, -0.2) is 8.42 Å². The number of alkyl halides is 5. The van der Waals surface area contributed by atoms with Crippen molar-refractivity contribution in [3.8, 4) is 5.75 Å². The smallest absolute Gasteiger partial charge is 0.416 e. The maximum atomic E-state index is 12.9. The monoisotopic (exact) mass is 464 g/mol. The molecule has 1 N–H and O–H groups in total. The van der Waals surface area contributed by atoms with Crippen LogP contribution in [0.1, 0.15) is 5.56 Å². The molecule has 0 aliphatic heterocycles. The van der Waals surface area contributed by atoms with E-state index in [-0.39, 0.29) is 18.0 Å². The number of amides is 1. The molecule has 0 fully saturated rings. The summed E-state index contributed by atoms with van der Waals surface area (Å²) in [6.45, 7) is -0.686. The lowest BCUT2D eigenvalue weighted by molar-refractivity contribution is -0.137. The van der Waals surface area contributed by atoms with Crippen molar-refractivity contribution in [2.24, 2.45) is 0 Å². The van der Waals surface area contributed by atoms with Crippen LogP contribution < -0.4 is 10.1 Å². The van der Waals surface area contributed by atoms with Crippen molar-refractivity contribution in [1.29, 1.82) is 0 Å². The van der Waals surface area contributed by atoms with Crippen molar-refractivity contribution in [2.45, 2.75) is 17.7 Å². The van der Waals surface area contributed by atoms with E-state index < -0.39 is 45.7 Å². The van der Waals surface area contributed by atoms with Crippen LogP contribution in [0.3, 0.4) is 0 Å². The normalized spacial score (nSPS) is 12.1. The number of carbonyl (C=O) groups is 1. The molecule has 2 aromatic carbocycles. The fourth-order valence-electron chi connectivity index (χ4n) is 2.45. The summed E-state index contributed by atoms with van der Waals surface area (Å²) in [5.74, 6) is -0.951. The number of hydrogen-bond donors (Lipinski definition) is 1. The molecule has 0 spiro atoms. The molecule has 31 heavy (non-hydrogen) atoms. The summed E-state index contributed by atoms with van der Waals surface area (Å²) in [7, 11) is -4.46. The Kier molecular flexibility index (Phi) is 7.74. The summed E-state index contributed by atoms with van der Waals surface area (Å²) in [5.41, 5.74) is -0.982. The first-order valence-corrected chi connectivity index (χ1v) is 10.0. The Bertz CT molecular complexity index is 1020. The SMILES string of the molecule is C=CCN(CC(=O)Nc1ccc(OC(F)F)cc1)S(=O)(=O)c1cccc(C(F)(F)F)c1. The number of benzene rings is 2. The predicted molar refractivity (Wildman–Crippen MR) is 102 cm³/mol. The maximum absolute atomic E-state index is 12.9. The van der Waals surface area contributed by atoms with Crippen LogP contribution in [0.15, 0.2) is 66.1 Å². The van der Waals surface area contributed by atoms with Crippen LogP contribution >= 0.6 is 0 Å². The van der Waals surface area contributed by atoms with E-state index in [2.05, 4.69) is 16.6 Å². The number of hydrogen-bond acceptors (Lipinski definition) is 4. The van der Waals surface area contributed by atoms with E-state index in [1.54, 1.807) is 0 Å². The molecule has 6 nitrogen and oxygen atoms in total. The van der Waals surface area contributed by atoms with Crippen molar-refractivity contribution in [1.82, 2.24) is 4.31 Å². The Balaban J connectivity index is 2.18. The molecule has 0 unspecified atom stereocenters. The summed E-state index contributed by atoms with van der Waals surface area (Å²) in [5, 5.41) is 2.37. The molecule has 0 saturated heterocycles. The lowest BCUT2D eigenvalue weighted by Crippen LogP contribution is -2.38. The van der Waals surface area contributed by atoms with E-state index in [1.807, 2.05) is 0 Å². The Morgan fingerprint density at radius 3 is 2.35 bits per heavy atom. The zero-order valence-electron chi connectivity index (χ0n) is 15.8. The van der Waals surface area contributed by atoms with E-state index in [1.165, 1.54) is 30.3 Å². The standard InChI is InChI=1S/C19H17F5N2O4S/c1-2-10-26(31(28,29)16-5-3-4-13(11-16)19(22,23)24)12-17(27)25-14-6-8-15(9-7-14)30-18(20)21/h2-9,11,18H,1,10,12H2,(H,25,27). The van der Waals surface area contributed by atoms with Crippen molar-refractivity contribution in [3.63, 3.8) is 0 Å². The summed E-state index contributed by atoms with van der Waals surface area (Å²) >= 11 is 0. The molecule has 0 saturated carbocycles. The van der Waals surface area contributed by atoms with Gasteiger partial charge in [0.25, 0.3) is 0 Å². The molecule has 2 rings (SSSR count). The minimum Gasteiger partial charge on any atom is -0.435 e. The van der Waals surface area contributed by atoms with Gasteiger partial charge in [0.15, 0.2) is 0 Å². The van der Waals surface area contributed by atoms with E-state index in [4.69, 9.17) is 0 Å². The van der Waals surface area contributed by atoms with Crippen LogP contribution in [-0.2, 0) is 21.0 Å². The lowest BCUT2D eigenvalue weighted by Gasteiger charge is -2.21. The quantitative estimate of drug-likeness (QED) is 0.448. The highest BCUT2D eigenvalue weighted by atomic mass is 32.2. The Hall–Kier alpha value is -2.99. The largest absolute Gasteiger partial charge is 0.435 e. The molecule has 168 valence electrons. The van der Waals surface area contributed by atoms with Gasteiger partial charge in [-0.05, 0) is 42.5 Å².